The number of allylic oxidation sites excluding steroid dienone is 6. The highest BCUT2D eigenvalue weighted by Crippen LogP contribution is 2.49. The lowest BCUT2D eigenvalue weighted by Gasteiger charge is -2.06. The number of hydrogen-bond donors (Lipinski definition) is 0. The van der Waals surface area contributed by atoms with Gasteiger partial charge < -0.3 is 4.52 Å². The van der Waals surface area contributed by atoms with Gasteiger partial charge in [-0.15, -0.1) is 4.20 Å². The molecule has 6 heteroatoms. The van der Waals surface area contributed by atoms with E-state index in [1.54, 1.807) is 0 Å². The first-order valence-electron chi connectivity index (χ1n) is 9.04. The number of carbonyl (C=O) groups is 1. The normalized spacial score (nSPS) is 14.5. The van der Waals surface area contributed by atoms with E-state index in [1.165, 1.54) is 0 Å². The van der Waals surface area contributed by atoms with Crippen LogP contribution in [0, 0.1) is 0 Å². The van der Waals surface area contributed by atoms with Gasteiger partial charge in [-0.3, -0.25) is 9.32 Å². The minimum atomic E-state index is -4.68. The summed E-state index contributed by atoms with van der Waals surface area (Å²) < 4.78 is 31.7. The Balaban J connectivity index is 3.44. The van der Waals surface area contributed by atoms with Crippen LogP contribution in [0.1, 0.15) is 71.1 Å². The zero-order chi connectivity index (χ0) is 18.8. The van der Waals surface area contributed by atoms with Gasteiger partial charge in [0.1, 0.15) is 0 Å². The highest BCUT2D eigenvalue weighted by Gasteiger charge is 2.26. The van der Waals surface area contributed by atoms with Crippen molar-refractivity contribution in [1.29, 1.82) is 0 Å². The lowest BCUT2D eigenvalue weighted by Crippen LogP contribution is -2.01. The third kappa shape index (κ3) is 17.4. The molecule has 144 valence electrons. The smallest absolute Gasteiger partial charge is 0.367 e. The van der Waals surface area contributed by atoms with Crippen LogP contribution in [0.3, 0.4) is 0 Å². The molecule has 0 heterocycles. The van der Waals surface area contributed by atoms with Gasteiger partial charge in [-0.25, -0.2) is 4.57 Å². The summed E-state index contributed by atoms with van der Waals surface area (Å²) in [6.45, 7) is 2.13. The summed E-state index contributed by atoms with van der Waals surface area (Å²) >= 11 is 0. The van der Waals surface area contributed by atoms with E-state index in [2.05, 4.69) is 52.4 Å². The second kappa shape index (κ2) is 16.3. The van der Waals surface area contributed by atoms with Crippen LogP contribution in [0.25, 0.3) is 0 Å². The topological polar surface area (TPSA) is 52.6 Å². The van der Waals surface area contributed by atoms with Crippen molar-refractivity contribution >= 4 is 13.9 Å². The second-order valence-corrected chi connectivity index (χ2v) is 7.09. The first-order valence-corrected chi connectivity index (χ1v) is 10.5. The fourth-order valence-corrected chi connectivity index (χ4v) is 2.50. The molecule has 0 aromatic heterocycles. The molecule has 25 heavy (non-hydrogen) atoms. The Morgan fingerprint density at radius 1 is 0.920 bits per heavy atom. The summed E-state index contributed by atoms with van der Waals surface area (Å²) in [6.07, 6.45) is 22.0. The van der Waals surface area contributed by atoms with Crippen LogP contribution in [0.4, 0.5) is 4.20 Å². The van der Waals surface area contributed by atoms with Crippen LogP contribution in [0.15, 0.2) is 36.5 Å². The largest absolute Gasteiger partial charge is 0.571 e. The molecule has 0 aromatic carbocycles. The molecule has 4 nitrogen and oxygen atoms in total. The zero-order valence-corrected chi connectivity index (χ0v) is 16.4. The molecule has 0 aliphatic rings. The number of rotatable bonds is 15. The second-order valence-electron chi connectivity index (χ2n) is 5.68. The van der Waals surface area contributed by atoms with Gasteiger partial charge in [0.05, 0.1) is 0 Å². The van der Waals surface area contributed by atoms with Crippen molar-refractivity contribution in [3.63, 3.8) is 0 Å². The van der Waals surface area contributed by atoms with Gasteiger partial charge in [0.15, 0.2) is 0 Å². The SMILES string of the molecule is CC/C=C\C/C=C\C/C=C\CCCCCCCC(=O)OP(=O)(F)OC. The molecule has 1 atom stereocenters. The first kappa shape index (κ1) is 23.8. The molecule has 0 saturated carbocycles. The minimum Gasteiger partial charge on any atom is -0.367 e. The average molecular weight is 374 g/mol. The first-order chi connectivity index (χ1) is 12.0. The van der Waals surface area contributed by atoms with Gasteiger partial charge in [-0.2, -0.15) is 0 Å². The van der Waals surface area contributed by atoms with Crippen molar-refractivity contribution in [2.75, 3.05) is 7.11 Å². The van der Waals surface area contributed by atoms with E-state index in [0.717, 1.165) is 58.5 Å². The maximum atomic E-state index is 12.8. The van der Waals surface area contributed by atoms with Crippen molar-refractivity contribution in [2.45, 2.75) is 71.1 Å². The van der Waals surface area contributed by atoms with Crippen LogP contribution in [0.5, 0.6) is 0 Å². The third-order valence-electron chi connectivity index (χ3n) is 3.46. The Kier molecular flexibility index (Phi) is 15.5. The van der Waals surface area contributed by atoms with Gasteiger partial charge in [0, 0.05) is 13.5 Å². The number of hydrogen-bond acceptors (Lipinski definition) is 4. The van der Waals surface area contributed by atoms with Gasteiger partial charge >= 0.3 is 13.9 Å². The van der Waals surface area contributed by atoms with Gasteiger partial charge in [-0.1, -0.05) is 62.6 Å². The Morgan fingerprint density at radius 3 is 2.12 bits per heavy atom. The van der Waals surface area contributed by atoms with E-state index in [0.29, 0.717) is 6.42 Å². The van der Waals surface area contributed by atoms with Crippen LogP contribution in [0.2, 0.25) is 0 Å². The van der Waals surface area contributed by atoms with Gasteiger partial charge in [0.25, 0.3) is 0 Å². The lowest BCUT2D eigenvalue weighted by molar-refractivity contribution is -0.135. The Labute approximate surface area is 151 Å². The summed E-state index contributed by atoms with van der Waals surface area (Å²) in [4.78, 5) is 11.2. The van der Waals surface area contributed by atoms with Crippen LogP contribution >= 0.6 is 7.91 Å². The van der Waals surface area contributed by atoms with Crippen molar-refractivity contribution in [3.05, 3.63) is 36.5 Å². The van der Waals surface area contributed by atoms with Crippen molar-refractivity contribution in [3.8, 4) is 0 Å². The number of carbonyl (C=O) groups excluding carboxylic acids is 1. The zero-order valence-electron chi connectivity index (χ0n) is 15.5. The molecular formula is C19H32FO4P. The van der Waals surface area contributed by atoms with Gasteiger partial charge in [0.2, 0.25) is 0 Å². The van der Waals surface area contributed by atoms with Crippen LogP contribution in [-0.4, -0.2) is 13.1 Å². The molecule has 0 fully saturated rings. The summed E-state index contributed by atoms with van der Waals surface area (Å²) in [6, 6.07) is 0. The molecule has 0 radical (unpaired) electrons. The highest BCUT2D eigenvalue weighted by molar-refractivity contribution is 7.48. The maximum Gasteiger partial charge on any atom is 0.571 e. The molecule has 0 rings (SSSR count). The third-order valence-corrected chi connectivity index (χ3v) is 4.32. The molecule has 1 unspecified atom stereocenters. The average Bonchev–Trinajstić information content (AvgIpc) is 2.58. The molecular weight excluding hydrogens is 342 g/mol. The molecule has 0 spiro atoms. The monoisotopic (exact) mass is 374 g/mol. The fraction of sp³-hybridized carbons (Fsp3) is 0.632. The fourth-order valence-electron chi connectivity index (χ4n) is 2.09. The van der Waals surface area contributed by atoms with Crippen molar-refractivity contribution < 1.29 is 22.6 Å². The van der Waals surface area contributed by atoms with E-state index >= 15 is 0 Å². The van der Waals surface area contributed by atoms with E-state index < -0.39 is 13.9 Å². The van der Waals surface area contributed by atoms with E-state index in [9.17, 15) is 13.6 Å². The Hall–Kier alpha value is -1.19. The Bertz CT molecular complexity index is 472. The molecule has 0 aromatic rings. The van der Waals surface area contributed by atoms with Gasteiger partial charge in [-0.05, 0) is 38.5 Å². The van der Waals surface area contributed by atoms with Crippen LogP contribution in [-0.2, 0) is 18.4 Å². The van der Waals surface area contributed by atoms with E-state index in [-0.39, 0.29) is 6.42 Å². The predicted octanol–water partition coefficient (Wildman–Crippen LogP) is 6.84. The van der Waals surface area contributed by atoms with Crippen molar-refractivity contribution in [1.82, 2.24) is 0 Å². The lowest BCUT2D eigenvalue weighted by atomic mass is 10.1. The molecule has 0 saturated heterocycles. The predicted molar refractivity (Wildman–Crippen MR) is 101 cm³/mol. The Morgan fingerprint density at radius 2 is 1.48 bits per heavy atom. The standard InChI is InChI=1S/C19H32FO4P/c1-3-4-5-6-7-8-9-10-11-12-13-14-15-16-17-18-19(21)24-25(20,22)23-2/h4-5,7-8,10-11H,3,6,9,12-18H2,1-2H3/b5-4-,8-7-,11-10-. The molecule has 0 aliphatic heterocycles. The molecule has 0 amide bonds. The molecule has 0 aliphatic carbocycles. The minimum absolute atomic E-state index is 0.0664. The summed E-state index contributed by atoms with van der Waals surface area (Å²) in [5.74, 6) is -0.811. The quantitative estimate of drug-likeness (QED) is 0.179. The summed E-state index contributed by atoms with van der Waals surface area (Å²) in [5.41, 5.74) is 0. The highest BCUT2D eigenvalue weighted by atomic mass is 31.2. The van der Waals surface area contributed by atoms with Crippen molar-refractivity contribution in [2.24, 2.45) is 0 Å². The van der Waals surface area contributed by atoms with E-state index in [1.807, 2.05) is 0 Å². The summed E-state index contributed by atoms with van der Waals surface area (Å²) in [7, 11) is -3.78. The molecule has 0 N–H and O–H groups in total. The van der Waals surface area contributed by atoms with Crippen LogP contribution < -0.4 is 0 Å². The summed E-state index contributed by atoms with van der Waals surface area (Å²) in [5, 5.41) is 0. The van der Waals surface area contributed by atoms with E-state index in [4.69, 9.17) is 0 Å². The molecule has 0 bridgehead atoms. The number of unbranched alkanes of at least 4 members (excludes halogenated alkanes) is 5. The number of halogens is 1. The maximum absolute atomic E-state index is 12.8.